The molecule has 6 rings (SSSR count). The van der Waals surface area contributed by atoms with Crippen molar-refractivity contribution in [3.8, 4) is 17.2 Å². The first kappa shape index (κ1) is 20.1. The first-order valence-electron chi connectivity index (χ1n) is 10.9. The molecule has 2 aliphatic rings. The van der Waals surface area contributed by atoms with E-state index in [0.717, 1.165) is 21.9 Å². The normalized spacial score (nSPS) is 18.4. The van der Waals surface area contributed by atoms with Crippen molar-refractivity contribution in [3.63, 3.8) is 0 Å². The summed E-state index contributed by atoms with van der Waals surface area (Å²) in [6.45, 7) is 5.94. The maximum absolute atomic E-state index is 13.1. The number of fused-ring (bicyclic) bond motifs is 6. The molecule has 0 bridgehead atoms. The highest BCUT2D eigenvalue weighted by atomic mass is 16.6. The minimum Gasteiger partial charge on any atom is -0.508 e. The van der Waals surface area contributed by atoms with E-state index in [1.165, 1.54) is 0 Å². The smallest absolute Gasteiger partial charge is 0.340 e. The van der Waals surface area contributed by atoms with E-state index >= 15 is 0 Å². The average Bonchev–Trinajstić information content (AvgIpc) is 3.11. The molecular weight excluding hydrogens is 428 g/mol. The zero-order valence-electron chi connectivity index (χ0n) is 18.3. The van der Waals surface area contributed by atoms with Gasteiger partial charge in [0, 0.05) is 27.6 Å². The zero-order chi connectivity index (χ0) is 23.6. The van der Waals surface area contributed by atoms with Gasteiger partial charge < -0.3 is 19.7 Å². The van der Waals surface area contributed by atoms with E-state index in [2.05, 4.69) is 6.58 Å². The molecule has 166 valence electrons. The molecule has 0 fully saturated rings. The second-order valence-electron chi connectivity index (χ2n) is 8.51. The lowest BCUT2D eigenvalue weighted by molar-refractivity contribution is 0.0231. The molecular formula is C29H20O5. The summed E-state index contributed by atoms with van der Waals surface area (Å²) in [5, 5.41) is 21.6. The highest BCUT2D eigenvalue weighted by Gasteiger charge is 2.54. The lowest BCUT2D eigenvalue weighted by Gasteiger charge is -2.38. The quantitative estimate of drug-likeness (QED) is 0.370. The van der Waals surface area contributed by atoms with Gasteiger partial charge in [-0.2, -0.15) is 0 Å². The minimum absolute atomic E-state index is 0.145. The third-order valence-electron chi connectivity index (χ3n) is 6.59. The monoisotopic (exact) mass is 448 g/mol. The zero-order valence-corrected chi connectivity index (χ0v) is 18.3. The number of rotatable bonds is 2. The summed E-state index contributed by atoms with van der Waals surface area (Å²) >= 11 is 0. The maximum Gasteiger partial charge on any atom is 0.340 e. The van der Waals surface area contributed by atoms with Crippen molar-refractivity contribution in [1.29, 1.82) is 0 Å². The third kappa shape index (κ3) is 2.58. The molecule has 1 unspecified atom stereocenters. The highest BCUT2D eigenvalue weighted by Crippen LogP contribution is 2.57. The molecule has 0 aromatic heterocycles. The highest BCUT2D eigenvalue weighted by molar-refractivity contribution is 6.00. The van der Waals surface area contributed by atoms with E-state index in [1.54, 1.807) is 48.5 Å². The summed E-state index contributed by atoms with van der Waals surface area (Å²) < 4.78 is 12.8. The van der Waals surface area contributed by atoms with Gasteiger partial charge in [-0.05, 0) is 66.4 Å². The molecule has 1 spiro atoms. The van der Waals surface area contributed by atoms with Crippen LogP contribution in [0.1, 0.15) is 32.6 Å². The number of aryl methyl sites for hydroxylation is 1. The number of aromatic hydroxyl groups is 2. The van der Waals surface area contributed by atoms with Gasteiger partial charge in [0.2, 0.25) is 0 Å². The molecule has 0 saturated carbocycles. The van der Waals surface area contributed by atoms with Crippen molar-refractivity contribution in [2.75, 3.05) is 0 Å². The lowest BCUT2D eigenvalue weighted by atomic mass is 9.75. The van der Waals surface area contributed by atoms with Crippen LogP contribution in [0, 0.1) is 6.92 Å². The predicted molar refractivity (Wildman–Crippen MR) is 129 cm³/mol. The molecule has 4 aromatic carbocycles. The second-order valence-corrected chi connectivity index (χ2v) is 8.51. The predicted octanol–water partition coefficient (Wildman–Crippen LogP) is 5.96. The van der Waals surface area contributed by atoms with Gasteiger partial charge in [-0.25, -0.2) is 4.79 Å². The molecule has 2 aliphatic heterocycles. The number of ether oxygens (including phenoxy) is 2. The van der Waals surface area contributed by atoms with Gasteiger partial charge in [-0.15, -0.1) is 0 Å². The van der Waals surface area contributed by atoms with Crippen LogP contribution in [0.2, 0.25) is 0 Å². The molecule has 2 heterocycles. The molecule has 0 aliphatic carbocycles. The maximum atomic E-state index is 13.1. The Balaban J connectivity index is 1.77. The number of carbonyl (C=O) groups excluding carboxylic acids is 1. The summed E-state index contributed by atoms with van der Waals surface area (Å²) in [4.78, 5) is 13.1. The van der Waals surface area contributed by atoms with Crippen molar-refractivity contribution in [1.82, 2.24) is 0 Å². The number of esters is 1. The number of carbonyl (C=O) groups is 1. The number of hydrogen-bond donors (Lipinski definition) is 2. The lowest BCUT2D eigenvalue weighted by Crippen LogP contribution is -2.34. The van der Waals surface area contributed by atoms with Gasteiger partial charge >= 0.3 is 5.97 Å². The fourth-order valence-corrected chi connectivity index (χ4v) is 5.09. The van der Waals surface area contributed by atoms with E-state index in [4.69, 9.17) is 9.47 Å². The number of benzene rings is 4. The van der Waals surface area contributed by atoms with Crippen LogP contribution in [0.4, 0.5) is 0 Å². The van der Waals surface area contributed by atoms with E-state index in [-0.39, 0.29) is 11.5 Å². The SMILES string of the molecule is C=CC1=C(c2ccc(O)cc2C)Oc2c(ccc3cc(O)ccc23)C12OC(=O)c1ccccc12. The summed E-state index contributed by atoms with van der Waals surface area (Å²) in [6, 6.07) is 21.2. The van der Waals surface area contributed by atoms with Crippen molar-refractivity contribution in [3.05, 3.63) is 119 Å². The van der Waals surface area contributed by atoms with Crippen molar-refractivity contribution >= 4 is 22.5 Å². The van der Waals surface area contributed by atoms with Gasteiger partial charge in [-0.1, -0.05) is 36.9 Å². The molecule has 2 N–H and O–H groups in total. The van der Waals surface area contributed by atoms with Gasteiger partial charge in [0.15, 0.2) is 5.60 Å². The molecule has 34 heavy (non-hydrogen) atoms. The molecule has 5 heteroatoms. The Kier molecular flexibility index (Phi) is 4.14. The standard InChI is InChI=1S/C29H20O5/c1-3-23-26(20-11-9-18(30)14-16(20)2)33-27-21-12-10-19(31)15-17(21)8-13-25(27)29(23)24-7-5-4-6-22(24)28(32)34-29/h3-15,30-31H,1H2,2H3. The van der Waals surface area contributed by atoms with Crippen LogP contribution in [0.15, 0.2) is 91.0 Å². The summed E-state index contributed by atoms with van der Waals surface area (Å²) in [6.07, 6.45) is 1.67. The molecule has 5 nitrogen and oxygen atoms in total. The second kappa shape index (κ2) is 6.99. The van der Waals surface area contributed by atoms with E-state index in [9.17, 15) is 15.0 Å². The van der Waals surface area contributed by atoms with Gasteiger partial charge in [0.05, 0.1) is 5.56 Å². The van der Waals surface area contributed by atoms with Crippen molar-refractivity contribution < 1.29 is 24.5 Å². The van der Waals surface area contributed by atoms with Crippen LogP contribution in [0.25, 0.3) is 16.5 Å². The first-order chi connectivity index (χ1) is 16.4. The van der Waals surface area contributed by atoms with Gasteiger partial charge in [0.1, 0.15) is 23.0 Å². The Morgan fingerprint density at radius 3 is 2.44 bits per heavy atom. The fraction of sp³-hybridized carbons (Fsp3) is 0.0690. The van der Waals surface area contributed by atoms with Crippen LogP contribution >= 0.6 is 0 Å². The third-order valence-corrected chi connectivity index (χ3v) is 6.59. The van der Waals surface area contributed by atoms with Crippen LogP contribution in [0.5, 0.6) is 17.2 Å². The Labute approximate surface area is 195 Å². The number of phenols is 2. The van der Waals surface area contributed by atoms with E-state index in [1.807, 2.05) is 37.3 Å². The van der Waals surface area contributed by atoms with Gasteiger partial charge in [-0.3, -0.25) is 0 Å². The van der Waals surface area contributed by atoms with Crippen LogP contribution in [0.3, 0.4) is 0 Å². The first-order valence-corrected chi connectivity index (χ1v) is 10.9. The fourth-order valence-electron chi connectivity index (χ4n) is 5.09. The Morgan fingerprint density at radius 2 is 1.65 bits per heavy atom. The Bertz CT molecular complexity index is 1580. The molecule has 0 amide bonds. The summed E-state index contributed by atoms with van der Waals surface area (Å²) in [5.41, 5.74) is 2.77. The largest absolute Gasteiger partial charge is 0.508 e. The molecule has 0 saturated heterocycles. The van der Waals surface area contributed by atoms with Gasteiger partial charge in [0.25, 0.3) is 0 Å². The molecule has 0 radical (unpaired) electrons. The number of hydrogen-bond acceptors (Lipinski definition) is 5. The number of phenolic OH excluding ortho intramolecular Hbond substituents is 2. The minimum atomic E-state index is -1.26. The average molecular weight is 448 g/mol. The Morgan fingerprint density at radius 1 is 0.882 bits per heavy atom. The molecule has 1 atom stereocenters. The van der Waals surface area contributed by atoms with Crippen molar-refractivity contribution in [2.24, 2.45) is 0 Å². The Hall–Kier alpha value is -4.51. The van der Waals surface area contributed by atoms with Crippen LogP contribution in [-0.2, 0) is 10.3 Å². The summed E-state index contributed by atoms with van der Waals surface area (Å²) in [7, 11) is 0. The molecule has 4 aromatic rings. The van der Waals surface area contributed by atoms with Crippen molar-refractivity contribution in [2.45, 2.75) is 12.5 Å². The van der Waals surface area contributed by atoms with E-state index in [0.29, 0.717) is 33.8 Å². The summed E-state index contributed by atoms with van der Waals surface area (Å²) in [5.74, 6) is 0.898. The topological polar surface area (TPSA) is 76.0 Å². The van der Waals surface area contributed by atoms with Crippen LogP contribution < -0.4 is 4.74 Å². The van der Waals surface area contributed by atoms with E-state index < -0.39 is 11.6 Å². The van der Waals surface area contributed by atoms with Crippen LogP contribution in [-0.4, -0.2) is 16.2 Å².